The second-order valence-corrected chi connectivity index (χ2v) is 5.01. The minimum atomic E-state index is -0.984. The quantitative estimate of drug-likeness (QED) is 0.792. The standard InChI is InChI=1S/C12H20N2O4/c1-8(11(15)16)13(2)12(17)14-6-7-18-10-5-3-4-9(10)14/h8-10H,3-7H2,1-2H3,(H,15,16). The first-order chi connectivity index (χ1) is 8.52. The number of carboxylic acid groups (broad SMARTS) is 1. The van der Waals surface area contributed by atoms with Crippen LogP contribution in [0.15, 0.2) is 0 Å². The fourth-order valence-electron chi connectivity index (χ4n) is 2.70. The number of carboxylic acids is 1. The van der Waals surface area contributed by atoms with Crippen LogP contribution in [0.1, 0.15) is 26.2 Å². The molecular formula is C12H20N2O4. The molecule has 0 aromatic rings. The molecule has 0 aromatic carbocycles. The topological polar surface area (TPSA) is 70.1 Å². The number of aliphatic carboxylic acids is 1. The van der Waals surface area contributed by atoms with Gasteiger partial charge in [-0.15, -0.1) is 0 Å². The number of morpholine rings is 1. The molecule has 18 heavy (non-hydrogen) atoms. The van der Waals surface area contributed by atoms with Gasteiger partial charge in [0, 0.05) is 13.6 Å². The van der Waals surface area contributed by atoms with Crippen molar-refractivity contribution in [1.82, 2.24) is 9.80 Å². The first-order valence-corrected chi connectivity index (χ1v) is 6.40. The van der Waals surface area contributed by atoms with Gasteiger partial charge in [-0.3, -0.25) is 0 Å². The van der Waals surface area contributed by atoms with Gasteiger partial charge in [0.1, 0.15) is 6.04 Å². The predicted molar refractivity (Wildman–Crippen MR) is 64.3 cm³/mol. The van der Waals surface area contributed by atoms with Gasteiger partial charge >= 0.3 is 12.0 Å². The van der Waals surface area contributed by atoms with Gasteiger partial charge in [0.2, 0.25) is 0 Å². The maximum absolute atomic E-state index is 12.3. The maximum Gasteiger partial charge on any atom is 0.326 e. The molecule has 0 aromatic heterocycles. The Hall–Kier alpha value is -1.30. The van der Waals surface area contributed by atoms with E-state index in [2.05, 4.69) is 0 Å². The number of ether oxygens (including phenoxy) is 1. The van der Waals surface area contributed by atoms with E-state index in [4.69, 9.17) is 9.84 Å². The Labute approximate surface area is 106 Å². The molecule has 6 nitrogen and oxygen atoms in total. The maximum atomic E-state index is 12.3. The molecule has 2 fully saturated rings. The number of hydrogen-bond donors (Lipinski definition) is 1. The van der Waals surface area contributed by atoms with E-state index in [0.717, 1.165) is 19.3 Å². The molecule has 102 valence electrons. The molecule has 1 saturated heterocycles. The number of amides is 2. The van der Waals surface area contributed by atoms with Crippen LogP contribution in [0.2, 0.25) is 0 Å². The van der Waals surface area contributed by atoms with E-state index in [9.17, 15) is 9.59 Å². The molecule has 2 rings (SSSR count). The minimum absolute atomic E-state index is 0.120. The molecule has 1 aliphatic heterocycles. The third-order valence-corrected chi connectivity index (χ3v) is 3.97. The van der Waals surface area contributed by atoms with Crippen LogP contribution < -0.4 is 0 Å². The Morgan fingerprint density at radius 2 is 2.17 bits per heavy atom. The summed E-state index contributed by atoms with van der Waals surface area (Å²) >= 11 is 0. The molecule has 2 amide bonds. The lowest BCUT2D eigenvalue weighted by Crippen LogP contribution is -2.56. The number of carbonyl (C=O) groups excluding carboxylic acids is 1. The number of carbonyl (C=O) groups is 2. The summed E-state index contributed by atoms with van der Waals surface area (Å²) in [4.78, 5) is 26.3. The summed E-state index contributed by atoms with van der Waals surface area (Å²) < 4.78 is 5.64. The first kappa shape index (κ1) is 13.1. The molecule has 1 N–H and O–H groups in total. The normalized spacial score (nSPS) is 28.7. The van der Waals surface area contributed by atoms with Crippen LogP contribution in [0.3, 0.4) is 0 Å². The molecule has 0 bridgehead atoms. The monoisotopic (exact) mass is 256 g/mol. The summed E-state index contributed by atoms with van der Waals surface area (Å²) in [7, 11) is 1.54. The van der Waals surface area contributed by atoms with Crippen molar-refractivity contribution in [1.29, 1.82) is 0 Å². The van der Waals surface area contributed by atoms with Crippen molar-refractivity contribution in [2.24, 2.45) is 0 Å². The number of hydrogen-bond acceptors (Lipinski definition) is 3. The molecule has 0 spiro atoms. The van der Waals surface area contributed by atoms with Gasteiger partial charge < -0.3 is 19.6 Å². The zero-order valence-electron chi connectivity index (χ0n) is 10.8. The van der Waals surface area contributed by atoms with Gasteiger partial charge in [0.25, 0.3) is 0 Å². The smallest absolute Gasteiger partial charge is 0.326 e. The number of fused-ring (bicyclic) bond motifs is 1. The highest BCUT2D eigenvalue weighted by Gasteiger charge is 2.40. The van der Waals surface area contributed by atoms with Crippen molar-refractivity contribution in [2.75, 3.05) is 20.2 Å². The van der Waals surface area contributed by atoms with Crippen LogP contribution in [0.5, 0.6) is 0 Å². The third-order valence-electron chi connectivity index (χ3n) is 3.97. The average Bonchev–Trinajstić information content (AvgIpc) is 2.83. The van der Waals surface area contributed by atoms with Crippen LogP contribution in [-0.2, 0) is 9.53 Å². The molecule has 6 heteroatoms. The highest BCUT2D eigenvalue weighted by atomic mass is 16.5. The van der Waals surface area contributed by atoms with Crippen molar-refractivity contribution in [3.05, 3.63) is 0 Å². The molecule has 1 heterocycles. The Bertz CT molecular complexity index is 347. The van der Waals surface area contributed by atoms with Crippen LogP contribution in [-0.4, -0.2) is 65.3 Å². The Balaban J connectivity index is 2.05. The van der Waals surface area contributed by atoms with Crippen molar-refractivity contribution in [2.45, 2.75) is 44.4 Å². The van der Waals surface area contributed by atoms with E-state index in [-0.39, 0.29) is 18.2 Å². The van der Waals surface area contributed by atoms with E-state index < -0.39 is 12.0 Å². The van der Waals surface area contributed by atoms with Gasteiger partial charge in [0.05, 0.1) is 18.8 Å². The van der Waals surface area contributed by atoms with Gasteiger partial charge in [0.15, 0.2) is 0 Å². The largest absolute Gasteiger partial charge is 0.480 e. The first-order valence-electron chi connectivity index (χ1n) is 6.40. The average molecular weight is 256 g/mol. The predicted octanol–water partition coefficient (Wildman–Crippen LogP) is 0.765. The number of urea groups is 1. The molecule has 3 unspecified atom stereocenters. The summed E-state index contributed by atoms with van der Waals surface area (Å²) in [5, 5.41) is 8.95. The lowest BCUT2D eigenvalue weighted by Gasteiger charge is -2.40. The Morgan fingerprint density at radius 1 is 1.44 bits per heavy atom. The second kappa shape index (κ2) is 5.14. The van der Waals surface area contributed by atoms with Crippen LogP contribution in [0.4, 0.5) is 4.79 Å². The van der Waals surface area contributed by atoms with E-state index >= 15 is 0 Å². The van der Waals surface area contributed by atoms with Crippen LogP contribution in [0, 0.1) is 0 Å². The van der Waals surface area contributed by atoms with Crippen molar-refractivity contribution in [3.8, 4) is 0 Å². The number of likely N-dealkylation sites (N-methyl/N-ethyl adjacent to an activating group) is 1. The van der Waals surface area contributed by atoms with Crippen molar-refractivity contribution >= 4 is 12.0 Å². The SMILES string of the molecule is CC(C(=O)O)N(C)C(=O)N1CCOC2CCCC21. The highest BCUT2D eigenvalue weighted by molar-refractivity contribution is 5.82. The number of nitrogens with zero attached hydrogens (tertiary/aromatic N) is 2. The van der Waals surface area contributed by atoms with E-state index in [1.165, 1.54) is 11.8 Å². The summed E-state index contributed by atoms with van der Waals surface area (Å²) in [6.45, 7) is 2.62. The zero-order chi connectivity index (χ0) is 13.3. The summed E-state index contributed by atoms with van der Waals surface area (Å²) in [5.74, 6) is -0.984. The second-order valence-electron chi connectivity index (χ2n) is 5.01. The summed E-state index contributed by atoms with van der Waals surface area (Å²) in [6.07, 6.45) is 3.14. The van der Waals surface area contributed by atoms with Gasteiger partial charge in [-0.05, 0) is 26.2 Å². The van der Waals surface area contributed by atoms with Crippen molar-refractivity contribution in [3.63, 3.8) is 0 Å². The van der Waals surface area contributed by atoms with E-state index in [1.54, 1.807) is 11.9 Å². The summed E-state index contributed by atoms with van der Waals surface area (Å²) in [5.41, 5.74) is 0. The molecule has 0 radical (unpaired) electrons. The summed E-state index contributed by atoms with van der Waals surface area (Å²) in [6, 6.07) is -0.889. The van der Waals surface area contributed by atoms with Gasteiger partial charge in [-0.1, -0.05) is 0 Å². The Kier molecular flexibility index (Phi) is 3.75. The molecule has 1 saturated carbocycles. The zero-order valence-corrected chi connectivity index (χ0v) is 10.8. The number of rotatable bonds is 2. The third kappa shape index (κ3) is 2.29. The van der Waals surface area contributed by atoms with E-state index in [1.807, 2.05) is 0 Å². The highest BCUT2D eigenvalue weighted by Crippen LogP contribution is 2.30. The fraction of sp³-hybridized carbons (Fsp3) is 0.833. The molecular weight excluding hydrogens is 236 g/mol. The van der Waals surface area contributed by atoms with Crippen LogP contribution >= 0.6 is 0 Å². The van der Waals surface area contributed by atoms with Gasteiger partial charge in [-0.2, -0.15) is 0 Å². The minimum Gasteiger partial charge on any atom is -0.480 e. The van der Waals surface area contributed by atoms with Gasteiger partial charge in [-0.25, -0.2) is 9.59 Å². The van der Waals surface area contributed by atoms with Crippen molar-refractivity contribution < 1.29 is 19.4 Å². The fourth-order valence-corrected chi connectivity index (χ4v) is 2.70. The molecule has 1 aliphatic carbocycles. The molecule has 3 atom stereocenters. The van der Waals surface area contributed by atoms with Crippen LogP contribution in [0.25, 0.3) is 0 Å². The Morgan fingerprint density at radius 3 is 2.83 bits per heavy atom. The molecule has 2 aliphatic rings. The van der Waals surface area contributed by atoms with E-state index in [0.29, 0.717) is 13.2 Å². The lowest BCUT2D eigenvalue weighted by atomic mass is 10.1. The lowest BCUT2D eigenvalue weighted by molar-refractivity contribution is -0.141.